The summed E-state index contributed by atoms with van der Waals surface area (Å²) in [6, 6.07) is 3.33. The van der Waals surface area contributed by atoms with Crippen LogP contribution in [-0.2, 0) is 4.79 Å². The summed E-state index contributed by atoms with van der Waals surface area (Å²) in [6.45, 7) is 4.49. The molecular formula is C18H26N4O2. The number of aromatic nitrogens is 1. The van der Waals surface area contributed by atoms with Gasteiger partial charge in [-0.15, -0.1) is 0 Å². The molecule has 0 aromatic carbocycles. The highest BCUT2D eigenvalue weighted by molar-refractivity contribution is 5.93. The van der Waals surface area contributed by atoms with Gasteiger partial charge in [-0.2, -0.15) is 5.26 Å². The largest absolute Gasteiger partial charge is 0.356 e. The van der Waals surface area contributed by atoms with Crippen molar-refractivity contribution in [3.05, 3.63) is 23.5 Å². The molecule has 2 amide bonds. The van der Waals surface area contributed by atoms with Gasteiger partial charge in [-0.05, 0) is 32.3 Å². The van der Waals surface area contributed by atoms with Crippen LogP contribution in [0.4, 0.5) is 0 Å². The van der Waals surface area contributed by atoms with E-state index >= 15 is 0 Å². The van der Waals surface area contributed by atoms with E-state index in [2.05, 4.69) is 17.2 Å². The van der Waals surface area contributed by atoms with Crippen LogP contribution in [0.25, 0.3) is 0 Å². The molecule has 1 unspecified atom stereocenters. The van der Waals surface area contributed by atoms with Crippen LogP contribution in [0.5, 0.6) is 0 Å². The highest BCUT2D eigenvalue weighted by Crippen LogP contribution is 2.51. The van der Waals surface area contributed by atoms with Gasteiger partial charge >= 0.3 is 0 Å². The Morgan fingerprint density at radius 2 is 2.21 bits per heavy atom. The Morgan fingerprint density at radius 3 is 2.75 bits per heavy atom. The molecule has 1 aliphatic carbocycles. The second-order valence-corrected chi connectivity index (χ2v) is 6.86. The first-order valence-electron chi connectivity index (χ1n) is 8.57. The van der Waals surface area contributed by atoms with Crippen LogP contribution in [0.3, 0.4) is 0 Å². The van der Waals surface area contributed by atoms with Crippen LogP contribution in [0.1, 0.15) is 62.0 Å². The smallest absolute Gasteiger partial charge is 0.268 e. The van der Waals surface area contributed by atoms with Crippen molar-refractivity contribution in [2.24, 2.45) is 5.41 Å². The number of H-pyrrole nitrogens is 1. The summed E-state index contributed by atoms with van der Waals surface area (Å²) in [5, 5.41) is 11.7. The molecule has 1 aromatic rings. The summed E-state index contributed by atoms with van der Waals surface area (Å²) >= 11 is 0. The number of hydrogen-bond acceptors (Lipinski definition) is 3. The van der Waals surface area contributed by atoms with Crippen LogP contribution in [-0.4, -0.2) is 41.3 Å². The molecule has 1 heterocycles. The first kappa shape index (κ1) is 18.1. The van der Waals surface area contributed by atoms with Crippen molar-refractivity contribution in [1.82, 2.24) is 15.2 Å². The van der Waals surface area contributed by atoms with Gasteiger partial charge < -0.3 is 15.2 Å². The molecule has 0 radical (unpaired) electrons. The summed E-state index contributed by atoms with van der Waals surface area (Å²) in [5.41, 5.74) is 0.635. The van der Waals surface area contributed by atoms with Gasteiger partial charge in [0.25, 0.3) is 5.91 Å². The summed E-state index contributed by atoms with van der Waals surface area (Å²) in [6.07, 6.45) is 6.62. The van der Waals surface area contributed by atoms with Crippen LogP contribution in [0, 0.1) is 16.7 Å². The third-order valence-corrected chi connectivity index (χ3v) is 4.64. The molecule has 0 saturated heterocycles. The molecule has 0 spiro atoms. The number of nitrogens with one attached hydrogen (secondary N) is 2. The summed E-state index contributed by atoms with van der Waals surface area (Å²) in [5.74, 6) is -0.0688. The van der Waals surface area contributed by atoms with Crippen molar-refractivity contribution >= 4 is 11.8 Å². The predicted octanol–water partition coefficient (Wildman–Crippen LogP) is 2.43. The van der Waals surface area contributed by atoms with Gasteiger partial charge in [-0.25, -0.2) is 0 Å². The summed E-state index contributed by atoms with van der Waals surface area (Å²) in [4.78, 5) is 29.3. The minimum Gasteiger partial charge on any atom is -0.356 e. The highest BCUT2D eigenvalue weighted by atomic mass is 16.2. The van der Waals surface area contributed by atoms with E-state index in [-0.39, 0.29) is 23.3 Å². The number of aromatic amines is 1. The monoisotopic (exact) mass is 330 g/mol. The van der Waals surface area contributed by atoms with Crippen molar-refractivity contribution in [2.45, 2.75) is 52.0 Å². The minimum absolute atomic E-state index is 0.143. The Bertz CT molecular complexity index is 640. The van der Waals surface area contributed by atoms with Crippen molar-refractivity contribution in [3.8, 4) is 6.07 Å². The lowest BCUT2D eigenvalue weighted by Gasteiger charge is -2.26. The zero-order valence-corrected chi connectivity index (χ0v) is 14.7. The first-order chi connectivity index (χ1) is 11.4. The molecule has 1 aliphatic rings. The van der Waals surface area contributed by atoms with E-state index in [1.54, 1.807) is 11.9 Å². The molecule has 6 heteroatoms. The Kier molecular flexibility index (Phi) is 5.66. The van der Waals surface area contributed by atoms with Crippen molar-refractivity contribution < 1.29 is 9.59 Å². The van der Waals surface area contributed by atoms with E-state index in [1.807, 2.05) is 13.0 Å². The van der Waals surface area contributed by atoms with Crippen LogP contribution >= 0.6 is 0 Å². The molecule has 1 fully saturated rings. The molecule has 24 heavy (non-hydrogen) atoms. The number of carbonyl (C=O) groups excluding carboxylic acids is 2. The van der Waals surface area contributed by atoms with E-state index in [9.17, 15) is 9.59 Å². The number of hydrogen-bond donors (Lipinski definition) is 2. The Morgan fingerprint density at radius 1 is 1.50 bits per heavy atom. The van der Waals surface area contributed by atoms with Crippen LogP contribution in [0.15, 0.2) is 12.3 Å². The lowest BCUT2D eigenvalue weighted by Crippen LogP contribution is -2.45. The van der Waals surface area contributed by atoms with Gasteiger partial charge in [0, 0.05) is 31.2 Å². The molecule has 0 bridgehead atoms. The highest BCUT2D eigenvalue weighted by Gasteiger charge is 2.50. The number of nitriles is 1. The maximum absolute atomic E-state index is 12.6. The summed E-state index contributed by atoms with van der Waals surface area (Å²) in [7, 11) is 1.80. The first-order valence-corrected chi connectivity index (χ1v) is 8.57. The topological polar surface area (TPSA) is 89.0 Å². The van der Waals surface area contributed by atoms with Gasteiger partial charge in [0.2, 0.25) is 5.91 Å². The average molecular weight is 330 g/mol. The van der Waals surface area contributed by atoms with Crippen molar-refractivity contribution in [3.63, 3.8) is 0 Å². The Hall–Kier alpha value is -2.29. The lowest BCUT2D eigenvalue weighted by atomic mass is 9.97. The van der Waals surface area contributed by atoms with Gasteiger partial charge in [-0.3, -0.25) is 9.59 Å². The second-order valence-electron chi connectivity index (χ2n) is 6.86. The molecule has 2 rings (SSSR count). The molecule has 0 aliphatic heterocycles. The molecular weight excluding hydrogens is 304 g/mol. The Labute approximate surface area is 143 Å². The fourth-order valence-electron chi connectivity index (χ4n) is 3.07. The van der Waals surface area contributed by atoms with Crippen molar-refractivity contribution in [2.75, 3.05) is 13.6 Å². The molecule has 2 N–H and O–H groups in total. The Balaban J connectivity index is 1.85. The second kappa shape index (κ2) is 7.52. The lowest BCUT2D eigenvalue weighted by molar-refractivity contribution is -0.136. The fraction of sp³-hybridized carbons (Fsp3) is 0.611. The predicted molar refractivity (Wildman–Crippen MR) is 91.3 cm³/mol. The van der Waals surface area contributed by atoms with E-state index in [0.717, 1.165) is 32.1 Å². The number of carbonyl (C=O) groups is 2. The molecule has 1 atom stereocenters. The normalized spacial score (nSPS) is 16.1. The third-order valence-electron chi connectivity index (χ3n) is 4.64. The number of nitrogens with zero attached hydrogens (tertiary/aromatic N) is 2. The minimum atomic E-state index is -0.267. The standard InChI is InChI=1S/C18H26N4O2/c1-4-5-6-18(7-8-18)17(24)22(3)12-13(2)21-16(23)15-9-14(10-19)11-20-15/h9,11,13,20H,4-8,12H2,1-3H3,(H,21,23). The van der Waals surface area contributed by atoms with Gasteiger partial charge in [0.05, 0.1) is 5.56 Å². The SMILES string of the molecule is CCCCC1(C(=O)N(C)CC(C)NC(=O)c2cc(C#N)c[nH]2)CC1. The fourth-order valence-corrected chi connectivity index (χ4v) is 3.07. The quantitative estimate of drug-likeness (QED) is 0.767. The van der Waals surface area contributed by atoms with Crippen LogP contribution in [0.2, 0.25) is 0 Å². The van der Waals surface area contributed by atoms with E-state index in [0.29, 0.717) is 17.8 Å². The zero-order valence-electron chi connectivity index (χ0n) is 14.7. The number of unbranched alkanes of at least 4 members (excludes halogenated alkanes) is 1. The number of rotatable bonds is 8. The number of likely N-dealkylation sites (N-methyl/N-ethyl adjacent to an activating group) is 1. The maximum atomic E-state index is 12.6. The maximum Gasteiger partial charge on any atom is 0.268 e. The van der Waals surface area contributed by atoms with E-state index in [4.69, 9.17) is 5.26 Å². The summed E-state index contributed by atoms with van der Waals surface area (Å²) < 4.78 is 0. The molecule has 1 saturated carbocycles. The third kappa shape index (κ3) is 4.16. The van der Waals surface area contributed by atoms with E-state index in [1.165, 1.54) is 12.3 Å². The van der Waals surface area contributed by atoms with Crippen LogP contribution < -0.4 is 5.32 Å². The zero-order chi connectivity index (χ0) is 17.7. The van der Waals surface area contributed by atoms with Gasteiger partial charge in [0.1, 0.15) is 11.8 Å². The molecule has 1 aromatic heterocycles. The van der Waals surface area contributed by atoms with Gasteiger partial charge in [0.15, 0.2) is 0 Å². The van der Waals surface area contributed by atoms with Gasteiger partial charge in [-0.1, -0.05) is 19.8 Å². The molecule has 6 nitrogen and oxygen atoms in total. The number of amides is 2. The van der Waals surface area contributed by atoms with Crippen molar-refractivity contribution in [1.29, 1.82) is 5.26 Å². The molecule has 130 valence electrons. The average Bonchev–Trinajstić information content (AvgIpc) is 3.19. The van der Waals surface area contributed by atoms with E-state index < -0.39 is 0 Å².